The molecule has 4 rings (SSSR count). The number of hydrogen-bond donors (Lipinski definition) is 3. The van der Waals surface area contributed by atoms with Crippen molar-refractivity contribution in [2.75, 3.05) is 23.0 Å². The number of nitrogens with zero attached hydrogens (tertiary/aromatic N) is 3. The molecule has 2 aromatic heterocycles. The summed E-state index contributed by atoms with van der Waals surface area (Å²) in [7, 11) is 0. The lowest BCUT2D eigenvalue weighted by Crippen LogP contribution is -2.05. The summed E-state index contributed by atoms with van der Waals surface area (Å²) in [6.07, 6.45) is 3.62. The molecular weight excluding hydrogens is 384 g/mol. The highest BCUT2D eigenvalue weighted by Crippen LogP contribution is 2.32. The molecule has 0 amide bonds. The molecule has 0 atom stereocenters. The smallest absolute Gasteiger partial charge is 0.189 e. The Kier molecular flexibility index (Phi) is 5.71. The van der Waals surface area contributed by atoms with Crippen LogP contribution < -0.4 is 21.1 Å². The Morgan fingerprint density at radius 2 is 1.76 bits per heavy atom. The highest BCUT2D eigenvalue weighted by Gasteiger charge is 2.11. The zero-order chi connectivity index (χ0) is 20.1. The third kappa shape index (κ3) is 4.55. The second kappa shape index (κ2) is 8.74. The molecule has 0 aliphatic carbocycles. The number of hydrogen-bond acceptors (Lipinski definition) is 8. The average molecular weight is 407 g/mol. The van der Waals surface area contributed by atoms with E-state index >= 15 is 0 Å². The molecule has 29 heavy (non-hydrogen) atoms. The summed E-state index contributed by atoms with van der Waals surface area (Å²) in [4.78, 5) is 13.1. The van der Waals surface area contributed by atoms with E-state index in [9.17, 15) is 0 Å². The van der Waals surface area contributed by atoms with Gasteiger partial charge in [0.15, 0.2) is 16.8 Å². The number of anilines is 5. The van der Waals surface area contributed by atoms with Gasteiger partial charge in [0.25, 0.3) is 0 Å². The first-order chi connectivity index (χ1) is 14.2. The topological polar surface area (TPSA) is 98.0 Å². The maximum Gasteiger partial charge on any atom is 0.189 e. The highest BCUT2D eigenvalue weighted by molar-refractivity contribution is 7.22. The van der Waals surface area contributed by atoms with Crippen LogP contribution in [0, 0.1) is 0 Å². The van der Waals surface area contributed by atoms with Gasteiger partial charge in [0.2, 0.25) is 0 Å². The van der Waals surface area contributed by atoms with Crippen LogP contribution >= 0.6 is 11.3 Å². The molecule has 0 radical (unpaired) electrons. The number of unbranched alkanes of at least 4 members (excludes halogenated alkanes) is 1. The first-order valence-electron chi connectivity index (χ1n) is 9.46. The summed E-state index contributed by atoms with van der Waals surface area (Å²) in [5.41, 5.74) is 8.51. The minimum Gasteiger partial charge on any atom is -0.494 e. The number of ether oxygens (including phenoxy) is 1. The number of nitrogens with one attached hydrogen (secondary N) is 2. The van der Waals surface area contributed by atoms with Gasteiger partial charge in [0.05, 0.1) is 16.8 Å². The first kappa shape index (κ1) is 18.9. The lowest BCUT2D eigenvalue weighted by atomic mass is 10.3. The van der Waals surface area contributed by atoms with E-state index in [1.165, 1.54) is 6.33 Å². The SMILES string of the molecule is CCCCOc1ccc(Nc2ncnc(Nc3nc4ccccc4s3)c2N)cc1. The molecule has 2 heterocycles. The molecule has 8 heteroatoms. The zero-order valence-corrected chi connectivity index (χ0v) is 16.9. The molecule has 4 aromatic rings. The molecule has 0 saturated carbocycles. The second-order valence-electron chi connectivity index (χ2n) is 6.45. The summed E-state index contributed by atoms with van der Waals surface area (Å²) in [6.45, 7) is 2.87. The van der Waals surface area contributed by atoms with Crippen molar-refractivity contribution in [1.29, 1.82) is 0 Å². The van der Waals surface area contributed by atoms with Crippen LogP contribution in [0.1, 0.15) is 19.8 Å². The van der Waals surface area contributed by atoms with Crippen LogP contribution in [0.25, 0.3) is 10.2 Å². The lowest BCUT2D eigenvalue weighted by molar-refractivity contribution is 0.309. The summed E-state index contributed by atoms with van der Waals surface area (Å²) in [6, 6.07) is 15.7. The summed E-state index contributed by atoms with van der Waals surface area (Å²) in [5.74, 6) is 1.89. The quantitative estimate of drug-likeness (QED) is 0.340. The fraction of sp³-hybridized carbons (Fsp3) is 0.190. The van der Waals surface area contributed by atoms with Gasteiger partial charge in [-0.15, -0.1) is 0 Å². The van der Waals surface area contributed by atoms with Gasteiger partial charge in [-0.05, 0) is 42.8 Å². The van der Waals surface area contributed by atoms with Crippen molar-refractivity contribution in [2.24, 2.45) is 0 Å². The number of para-hydroxylation sites is 1. The van der Waals surface area contributed by atoms with E-state index in [-0.39, 0.29) is 0 Å². The molecule has 0 aliphatic rings. The van der Waals surface area contributed by atoms with Crippen molar-refractivity contribution < 1.29 is 4.74 Å². The Morgan fingerprint density at radius 3 is 2.52 bits per heavy atom. The van der Waals surface area contributed by atoms with Crippen LogP contribution in [0.4, 0.5) is 28.1 Å². The molecule has 0 bridgehead atoms. The Labute approximate surface area is 173 Å². The van der Waals surface area contributed by atoms with Crippen LogP contribution in [0.15, 0.2) is 54.9 Å². The van der Waals surface area contributed by atoms with Crippen molar-refractivity contribution in [3.05, 3.63) is 54.9 Å². The lowest BCUT2D eigenvalue weighted by Gasteiger charge is -2.12. The van der Waals surface area contributed by atoms with E-state index in [1.54, 1.807) is 11.3 Å². The molecular formula is C21H22N6OS. The van der Waals surface area contributed by atoms with Crippen LogP contribution in [-0.2, 0) is 0 Å². The Morgan fingerprint density at radius 1 is 1.00 bits per heavy atom. The fourth-order valence-corrected chi connectivity index (χ4v) is 3.59. The van der Waals surface area contributed by atoms with Gasteiger partial charge in [-0.2, -0.15) is 0 Å². The summed E-state index contributed by atoms with van der Waals surface area (Å²) >= 11 is 1.55. The standard InChI is InChI=1S/C21H22N6OS/c1-2-3-12-28-15-10-8-14(9-11-15)25-19-18(22)20(24-13-23-19)27-21-26-16-6-4-5-7-17(16)29-21/h4-11,13H,2-3,12,22H2,1H3,(H2,23,24,25,26,27). The second-order valence-corrected chi connectivity index (χ2v) is 7.48. The van der Waals surface area contributed by atoms with Crippen molar-refractivity contribution >= 4 is 49.7 Å². The van der Waals surface area contributed by atoms with Crippen LogP contribution in [-0.4, -0.2) is 21.6 Å². The van der Waals surface area contributed by atoms with Crippen LogP contribution in [0.5, 0.6) is 5.75 Å². The number of nitrogen functional groups attached to an aromatic ring is 1. The Hall–Kier alpha value is -3.39. The van der Waals surface area contributed by atoms with E-state index in [0.717, 1.165) is 46.2 Å². The third-order valence-electron chi connectivity index (χ3n) is 4.29. The maximum atomic E-state index is 6.29. The number of nitrogens with two attached hydrogens (primary N) is 1. The van der Waals surface area contributed by atoms with Crippen molar-refractivity contribution in [2.45, 2.75) is 19.8 Å². The average Bonchev–Trinajstić information content (AvgIpc) is 3.15. The molecule has 148 valence electrons. The molecule has 0 saturated heterocycles. The largest absolute Gasteiger partial charge is 0.494 e. The predicted octanol–water partition coefficient (Wildman–Crippen LogP) is 5.33. The third-order valence-corrected chi connectivity index (χ3v) is 5.24. The molecule has 0 spiro atoms. The number of benzene rings is 2. The molecule has 0 fully saturated rings. The van der Waals surface area contributed by atoms with E-state index in [4.69, 9.17) is 10.5 Å². The zero-order valence-electron chi connectivity index (χ0n) is 16.1. The number of thiazole rings is 1. The van der Waals surface area contributed by atoms with Gasteiger partial charge in [-0.3, -0.25) is 0 Å². The molecule has 2 aromatic carbocycles. The maximum absolute atomic E-state index is 6.29. The monoisotopic (exact) mass is 406 g/mol. The fourth-order valence-electron chi connectivity index (χ4n) is 2.73. The summed E-state index contributed by atoms with van der Waals surface area (Å²) < 4.78 is 6.79. The van der Waals surface area contributed by atoms with Gasteiger partial charge in [-0.25, -0.2) is 15.0 Å². The normalized spacial score (nSPS) is 10.8. The van der Waals surface area contributed by atoms with E-state index < -0.39 is 0 Å². The van der Waals surface area contributed by atoms with Crippen molar-refractivity contribution in [3.8, 4) is 5.75 Å². The van der Waals surface area contributed by atoms with E-state index in [1.807, 2.05) is 48.5 Å². The summed E-state index contributed by atoms with van der Waals surface area (Å²) in [5, 5.41) is 7.16. The number of rotatable bonds is 8. The van der Waals surface area contributed by atoms with E-state index in [2.05, 4.69) is 32.5 Å². The van der Waals surface area contributed by atoms with Gasteiger partial charge in [0, 0.05) is 5.69 Å². The highest BCUT2D eigenvalue weighted by atomic mass is 32.1. The van der Waals surface area contributed by atoms with Crippen LogP contribution in [0.3, 0.4) is 0 Å². The minimum absolute atomic E-state index is 0.426. The molecule has 4 N–H and O–H groups in total. The van der Waals surface area contributed by atoms with Gasteiger partial charge < -0.3 is 21.1 Å². The predicted molar refractivity (Wildman–Crippen MR) is 119 cm³/mol. The Bertz CT molecular complexity index is 1060. The van der Waals surface area contributed by atoms with Crippen molar-refractivity contribution in [1.82, 2.24) is 15.0 Å². The molecule has 0 aliphatic heterocycles. The first-order valence-corrected chi connectivity index (χ1v) is 10.3. The number of aromatic nitrogens is 3. The Balaban J connectivity index is 1.47. The number of fused-ring (bicyclic) bond motifs is 1. The van der Waals surface area contributed by atoms with Crippen LogP contribution in [0.2, 0.25) is 0 Å². The van der Waals surface area contributed by atoms with Gasteiger partial charge >= 0.3 is 0 Å². The van der Waals surface area contributed by atoms with Crippen molar-refractivity contribution in [3.63, 3.8) is 0 Å². The van der Waals surface area contributed by atoms with E-state index in [0.29, 0.717) is 17.3 Å². The van der Waals surface area contributed by atoms with Gasteiger partial charge in [0.1, 0.15) is 17.8 Å². The minimum atomic E-state index is 0.426. The molecule has 0 unspecified atom stereocenters. The molecule has 7 nitrogen and oxygen atoms in total. The van der Waals surface area contributed by atoms with Gasteiger partial charge in [-0.1, -0.05) is 36.8 Å².